The molecule has 0 saturated carbocycles. The highest BCUT2D eigenvalue weighted by Gasteiger charge is 2.30. The molecule has 222 valence electrons. The van der Waals surface area contributed by atoms with Crippen molar-refractivity contribution >= 4 is 17.6 Å². The first-order valence-corrected chi connectivity index (χ1v) is 15.0. The fourth-order valence-electron chi connectivity index (χ4n) is 5.69. The minimum Gasteiger partial charge on any atom is -0.461 e. The van der Waals surface area contributed by atoms with Gasteiger partial charge in [0.25, 0.3) is 0 Å². The number of hydrogen-bond acceptors (Lipinski definition) is 10. The van der Waals surface area contributed by atoms with Crippen LogP contribution in [0.25, 0.3) is 11.5 Å². The predicted molar refractivity (Wildman–Crippen MR) is 165 cm³/mol. The Hall–Kier alpha value is -4.28. The van der Waals surface area contributed by atoms with E-state index < -0.39 is 0 Å². The van der Waals surface area contributed by atoms with E-state index in [4.69, 9.17) is 9.72 Å². The number of piperidine rings is 1. The fraction of sp³-hybridized carbons (Fsp3) is 0.394. The molecule has 0 aliphatic carbocycles. The summed E-state index contributed by atoms with van der Waals surface area (Å²) in [6.07, 6.45) is 6.83. The average molecular weight is 579 g/mol. The van der Waals surface area contributed by atoms with Crippen molar-refractivity contribution in [2.45, 2.75) is 45.3 Å². The van der Waals surface area contributed by atoms with E-state index in [1.54, 1.807) is 12.4 Å². The molecule has 0 bridgehead atoms. The van der Waals surface area contributed by atoms with Crippen LogP contribution in [0.5, 0.6) is 0 Å². The number of aryl methyl sites for hydroxylation is 1. The standard InChI is InChI=1S/C33H38N8O2/c1-23-4-3-5-28(36-23)32-35-16-11-30(39-32)37-29-10-15-34-31(38-29)20-24-6-8-25(9-7-24)21-41-18-12-26(13-19-41)33(42)43-27-14-17-40(2)22-27/h3-11,15-16,26-27H,12-14,17-22H2,1-2H3,(H,34,35,37,38,39)/t27-/m0/s1. The number of benzene rings is 1. The molecule has 0 amide bonds. The van der Waals surface area contributed by atoms with Crippen LogP contribution in [0.15, 0.2) is 67.0 Å². The zero-order chi connectivity index (χ0) is 29.6. The van der Waals surface area contributed by atoms with Crippen LogP contribution < -0.4 is 5.32 Å². The number of aromatic nitrogens is 5. The number of nitrogens with zero attached hydrogens (tertiary/aromatic N) is 7. The maximum absolute atomic E-state index is 12.6. The first-order chi connectivity index (χ1) is 21.0. The lowest BCUT2D eigenvalue weighted by Crippen LogP contribution is -2.37. The molecule has 10 nitrogen and oxygen atoms in total. The first kappa shape index (κ1) is 28.8. The van der Waals surface area contributed by atoms with Crippen molar-refractivity contribution in [1.82, 2.24) is 34.7 Å². The number of rotatable bonds is 9. The van der Waals surface area contributed by atoms with E-state index >= 15 is 0 Å². The average Bonchev–Trinajstić information content (AvgIpc) is 3.43. The van der Waals surface area contributed by atoms with Crippen LogP contribution >= 0.6 is 0 Å². The van der Waals surface area contributed by atoms with Gasteiger partial charge in [0.05, 0.1) is 5.92 Å². The molecular formula is C33H38N8O2. The number of carbonyl (C=O) groups excluding carboxylic acids is 1. The molecule has 2 aliphatic rings. The van der Waals surface area contributed by atoms with Crippen LogP contribution in [0.2, 0.25) is 0 Å². The summed E-state index contributed by atoms with van der Waals surface area (Å²) >= 11 is 0. The van der Waals surface area contributed by atoms with Gasteiger partial charge in [-0.3, -0.25) is 9.69 Å². The molecule has 0 radical (unpaired) electrons. The molecule has 0 unspecified atom stereocenters. The van der Waals surface area contributed by atoms with Gasteiger partial charge < -0.3 is 15.0 Å². The van der Waals surface area contributed by atoms with Gasteiger partial charge in [-0.05, 0) is 81.7 Å². The van der Waals surface area contributed by atoms with E-state index in [1.807, 2.05) is 37.3 Å². The summed E-state index contributed by atoms with van der Waals surface area (Å²) in [5, 5.41) is 3.27. The lowest BCUT2D eigenvalue weighted by molar-refractivity contribution is -0.155. The Labute approximate surface area is 252 Å². The van der Waals surface area contributed by atoms with Gasteiger partial charge >= 0.3 is 5.97 Å². The third-order valence-corrected chi connectivity index (χ3v) is 8.08. The summed E-state index contributed by atoms with van der Waals surface area (Å²) in [5.74, 6) is 2.62. The molecule has 2 saturated heterocycles. The minimum atomic E-state index is -0.00728. The predicted octanol–water partition coefficient (Wildman–Crippen LogP) is 4.43. The van der Waals surface area contributed by atoms with Crippen molar-refractivity contribution in [3.8, 4) is 11.5 Å². The molecular weight excluding hydrogens is 540 g/mol. The van der Waals surface area contributed by atoms with Crippen LogP contribution in [0.1, 0.15) is 41.9 Å². The quantitative estimate of drug-likeness (QED) is 0.287. The second kappa shape index (κ2) is 13.4. The normalized spacial score (nSPS) is 18.0. The van der Waals surface area contributed by atoms with Crippen LogP contribution in [0.3, 0.4) is 0 Å². The third-order valence-electron chi connectivity index (χ3n) is 8.08. The number of nitrogens with one attached hydrogen (secondary N) is 1. The lowest BCUT2D eigenvalue weighted by Gasteiger charge is -2.31. The molecule has 3 aromatic heterocycles. The van der Waals surface area contributed by atoms with Crippen molar-refractivity contribution in [1.29, 1.82) is 0 Å². The molecule has 1 N–H and O–H groups in total. The third kappa shape index (κ3) is 7.77. The molecule has 6 rings (SSSR count). The molecule has 1 atom stereocenters. The Morgan fingerprint density at radius 3 is 2.37 bits per heavy atom. The molecule has 2 aliphatic heterocycles. The summed E-state index contributed by atoms with van der Waals surface area (Å²) in [6.45, 7) is 6.51. The zero-order valence-electron chi connectivity index (χ0n) is 24.8. The Kier molecular flexibility index (Phi) is 8.95. The van der Waals surface area contributed by atoms with Crippen molar-refractivity contribution in [3.05, 3.63) is 89.6 Å². The molecule has 10 heteroatoms. The summed E-state index contributed by atoms with van der Waals surface area (Å²) in [7, 11) is 2.07. The van der Waals surface area contributed by atoms with Crippen molar-refractivity contribution in [3.63, 3.8) is 0 Å². The number of hydrogen-bond donors (Lipinski definition) is 1. The largest absolute Gasteiger partial charge is 0.461 e. The molecule has 0 spiro atoms. The number of likely N-dealkylation sites (N-methyl/N-ethyl adjacent to an activating group) is 1. The summed E-state index contributed by atoms with van der Waals surface area (Å²) in [6, 6.07) is 18.1. The second-order valence-electron chi connectivity index (χ2n) is 11.6. The van der Waals surface area contributed by atoms with Gasteiger partial charge in [-0.15, -0.1) is 0 Å². The van der Waals surface area contributed by atoms with Crippen molar-refractivity contribution in [2.75, 3.05) is 38.5 Å². The number of esters is 1. The molecule has 5 heterocycles. The SMILES string of the molecule is Cc1cccc(-c2nccc(Nc3ccnc(Cc4ccc(CN5CCC(C(=O)O[C@H]6CCN(C)C6)CC5)cc4)n3)n2)n1. The second-order valence-corrected chi connectivity index (χ2v) is 11.6. The Morgan fingerprint density at radius 2 is 1.63 bits per heavy atom. The van der Waals surface area contributed by atoms with Gasteiger partial charge in [-0.2, -0.15) is 0 Å². The fourth-order valence-corrected chi connectivity index (χ4v) is 5.69. The maximum Gasteiger partial charge on any atom is 0.309 e. The van der Waals surface area contributed by atoms with E-state index in [2.05, 4.69) is 66.4 Å². The maximum atomic E-state index is 12.6. The highest BCUT2D eigenvalue weighted by Crippen LogP contribution is 2.23. The molecule has 4 aromatic rings. The van der Waals surface area contributed by atoms with E-state index in [-0.39, 0.29) is 18.0 Å². The molecule has 1 aromatic carbocycles. The minimum absolute atomic E-state index is 0.00728. The van der Waals surface area contributed by atoms with Gasteiger partial charge in [-0.1, -0.05) is 30.3 Å². The van der Waals surface area contributed by atoms with Gasteiger partial charge in [0.2, 0.25) is 0 Å². The van der Waals surface area contributed by atoms with Gasteiger partial charge in [-0.25, -0.2) is 24.9 Å². The van der Waals surface area contributed by atoms with Crippen LogP contribution in [0, 0.1) is 12.8 Å². The number of likely N-dealkylation sites (tertiary alicyclic amines) is 2. The van der Waals surface area contributed by atoms with E-state index in [0.717, 1.165) is 74.8 Å². The lowest BCUT2D eigenvalue weighted by atomic mass is 9.96. The van der Waals surface area contributed by atoms with Gasteiger partial charge in [0.15, 0.2) is 5.82 Å². The number of carbonyl (C=O) groups is 1. The Morgan fingerprint density at radius 1 is 0.884 bits per heavy atom. The summed E-state index contributed by atoms with van der Waals surface area (Å²) < 4.78 is 5.78. The Bertz CT molecular complexity index is 1540. The van der Waals surface area contributed by atoms with Gasteiger partial charge in [0.1, 0.15) is 29.3 Å². The van der Waals surface area contributed by atoms with E-state index in [1.165, 1.54) is 5.56 Å². The summed E-state index contributed by atoms with van der Waals surface area (Å²) in [5.41, 5.74) is 4.06. The van der Waals surface area contributed by atoms with E-state index in [9.17, 15) is 4.79 Å². The number of ether oxygens (including phenoxy) is 1. The van der Waals surface area contributed by atoms with Crippen molar-refractivity contribution in [2.24, 2.45) is 5.92 Å². The number of pyridine rings is 1. The highest BCUT2D eigenvalue weighted by molar-refractivity contribution is 5.72. The molecule has 43 heavy (non-hydrogen) atoms. The van der Waals surface area contributed by atoms with Crippen LogP contribution in [-0.2, 0) is 22.5 Å². The highest BCUT2D eigenvalue weighted by atomic mass is 16.5. The van der Waals surface area contributed by atoms with Crippen LogP contribution in [-0.4, -0.2) is 80.0 Å². The Balaban J connectivity index is 0.994. The topological polar surface area (TPSA) is 109 Å². The monoisotopic (exact) mass is 578 g/mol. The number of anilines is 2. The smallest absolute Gasteiger partial charge is 0.309 e. The zero-order valence-corrected chi connectivity index (χ0v) is 24.8. The van der Waals surface area contributed by atoms with Crippen molar-refractivity contribution < 1.29 is 9.53 Å². The van der Waals surface area contributed by atoms with E-state index in [0.29, 0.717) is 23.9 Å². The van der Waals surface area contributed by atoms with Crippen LogP contribution in [0.4, 0.5) is 11.6 Å². The van der Waals surface area contributed by atoms with Gasteiger partial charge in [0, 0.05) is 44.1 Å². The first-order valence-electron chi connectivity index (χ1n) is 15.0. The summed E-state index contributed by atoms with van der Waals surface area (Å²) in [4.78, 5) is 40.0. The molecule has 2 fully saturated rings.